The molecule has 4 aromatic rings. The smallest absolute Gasteiger partial charge is 0.245 e. The van der Waals surface area contributed by atoms with E-state index in [9.17, 15) is 87.9 Å². The van der Waals surface area contributed by atoms with Crippen LogP contribution in [0.15, 0.2) is 84.0 Å². The summed E-state index contributed by atoms with van der Waals surface area (Å²) in [6.07, 6.45) is 11.8. The third-order valence-corrected chi connectivity index (χ3v) is 21.1. The minimum atomic E-state index is -1.89. The Morgan fingerprint density at radius 1 is 0.455 bits per heavy atom. The quantitative estimate of drug-likeness (QED) is 0.0171. The number of guanidine groups is 1. The lowest BCUT2D eigenvalue weighted by Gasteiger charge is -2.32. The Balaban J connectivity index is 1.29. The van der Waals surface area contributed by atoms with E-state index in [-0.39, 0.29) is 106 Å². The highest BCUT2D eigenvalue weighted by molar-refractivity contribution is 6.00. The van der Waals surface area contributed by atoms with Crippen molar-refractivity contribution in [3.05, 3.63) is 95.7 Å². The summed E-state index contributed by atoms with van der Waals surface area (Å²) in [6, 6.07) is 0.404. The Kier molecular flexibility index (Phi) is 42.9. The zero-order valence-corrected chi connectivity index (χ0v) is 71.7. The second-order valence-electron chi connectivity index (χ2n) is 32.7. The number of aliphatic hydroxyl groups excluding tert-OH is 3. The molecule has 121 heavy (non-hydrogen) atoms. The first-order valence-corrected chi connectivity index (χ1v) is 42.5. The lowest BCUT2D eigenvalue weighted by atomic mass is 9.99. The second kappa shape index (κ2) is 51.6. The van der Waals surface area contributed by atoms with E-state index in [0.717, 1.165) is 39.5 Å². The van der Waals surface area contributed by atoms with Crippen LogP contribution in [0.25, 0.3) is 10.9 Å². The third kappa shape index (κ3) is 35.0. The van der Waals surface area contributed by atoms with Gasteiger partial charge in [-0.3, -0.25) is 67.3 Å². The summed E-state index contributed by atoms with van der Waals surface area (Å²) in [6.45, 7) is 15.9. The van der Waals surface area contributed by atoms with Crippen LogP contribution in [0.3, 0.4) is 0 Å². The number of rotatable bonds is 54. The molecule has 15 atom stereocenters. The van der Waals surface area contributed by atoms with Gasteiger partial charge in [0.05, 0.1) is 18.3 Å². The molecule has 5 rings (SSSR count). The summed E-state index contributed by atoms with van der Waals surface area (Å²) >= 11 is 0. The molecule has 0 bridgehead atoms. The number of likely N-dealkylation sites (tertiary alicyclic amines) is 1. The molecule has 0 spiro atoms. The van der Waals surface area contributed by atoms with Crippen molar-refractivity contribution in [3.63, 3.8) is 0 Å². The van der Waals surface area contributed by atoms with Crippen molar-refractivity contribution in [1.29, 1.82) is 0 Å². The van der Waals surface area contributed by atoms with Gasteiger partial charge in [0.15, 0.2) is 5.96 Å². The van der Waals surface area contributed by atoms with Crippen molar-refractivity contribution in [2.24, 2.45) is 34.0 Å². The first kappa shape index (κ1) is 101. The van der Waals surface area contributed by atoms with E-state index in [4.69, 9.17) is 17.2 Å². The number of aromatic hydroxyl groups is 2. The molecule has 0 radical (unpaired) electrons. The van der Waals surface area contributed by atoms with E-state index in [1.165, 1.54) is 126 Å². The fourth-order valence-corrected chi connectivity index (χ4v) is 14.3. The molecule has 670 valence electrons. The van der Waals surface area contributed by atoms with Gasteiger partial charge in [-0.2, -0.15) is 0 Å². The number of nitrogens with zero attached hydrogens (tertiary/aromatic N) is 2. The van der Waals surface area contributed by atoms with Gasteiger partial charge < -0.3 is 111 Å². The van der Waals surface area contributed by atoms with Gasteiger partial charge in [-0.15, -0.1) is 0 Å². The van der Waals surface area contributed by atoms with Crippen molar-refractivity contribution in [1.82, 2.24) is 68.4 Å². The van der Waals surface area contributed by atoms with Crippen molar-refractivity contribution < 1.29 is 87.9 Å². The monoisotopic (exact) mass is 1690 g/mol. The molecule has 1 fully saturated rings. The zero-order chi connectivity index (χ0) is 89.6. The van der Waals surface area contributed by atoms with Gasteiger partial charge in [0, 0.05) is 55.9 Å². The molecule has 0 aliphatic carbocycles. The fraction of sp³-hybridized carbons (Fsp3) is 0.605. The van der Waals surface area contributed by atoms with Crippen molar-refractivity contribution in [2.75, 3.05) is 13.1 Å². The average molecular weight is 1690 g/mol. The van der Waals surface area contributed by atoms with Gasteiger partial charge in [0.1, 0.15) is 84.0 Å². The van der Waals surface area contributed by atoms with Crippen LogP contribution in [0.1, 0.15) is 214 Å². The Morgan fingerprint density at radius 3 is 1.35 bits per heavy atom. The summed E-state index contributed by atoms with van der Waals surface area (Å²) < 4.78 is 0. The number of aromatic nitrogens is 1. The minimum absolute atomic E-state index is 0.0197. The summed E-state index contributed by atoms with van der Waals surface area (Å²) in [4.78, 5) is 192. The number of benzene rings is 3. The Morgan fingerprint density at radius 2 is 0.868 bits per heavy atom. The van der Waals surface area contributed by atoms with Crippen LogP contribution in [0.5, 0.6) is 11.5 Å². The number of hydrogen-bond donors (Lipinski definition) is 20. The number of primary amides is 1. The highest BCUT2D eigenvalue weighted by Crippen LogP contribution is 2.25. The Labute approximate surface area is 708 Å². The maximum absolute atomic E-state index is 14.9. The first-order chi connectivity index (χ1) is 57.4. The highest BCUT2D eigenvalue weighted by Gasteiger charge is 2.42. The molecule has 2 heterocycles. The van der Waals surface area contributed by atoms with Gasteiger partial charge in [0.25, 0.3) is 0 Å². The standard InChI is InChI=1S/C86H133N17O18/c1-11-12-13-14-15-16-17-18-19-20-21-22-23-32-70(109)92-51(6)75(111)100-72(54(9)105)84(120)99-68(44-50(4)5)85(121)103-42-27-31-69(103)81(117)96-64(43-49(2)3)78(114)95-67(47-58-48-91-62-29-25-24-28-61(58)62)77(113)93-52(7)76(112)101-71(53(8)104)82(118)98-66(46-57-35-39-60(108)40-36-57)80(116)102-73(55(10)106)83(119)97-65(45-56-33-37-59(107)38-34-56)79(115)94-63(74(87)110)30-26-41-90-86(88)89/h24-25,28-29,33-40,48-55,63-69,71-73,91,104-108H,11-23,26-27,30-32,41-47H2,1-10H3,(H2,87,110)(H,92,109)(H,93,113)(H,94,115)(H,95,114)(H,96,117)(H,97,119)(H,98,118)(H,99,120)(H,100,111)(H,101,112)(H,102,116)(H4,88,89,90)/t51-,52-,53+,54+,55+,63-,64-,65-,66-,67-,68-,69-,71-,72-,73-/m0/s1. The number of carbonyl (C=O) groups is 13. The zero-order valence-electron chi connectivity index (χ0n) is 71.7. The van der Waals surface area contributed by atoms with Crippen LogP contribution in [0.2, 0.25) is 0 Å². The first-order valence-electron chi connectivity index (χ1n) is 42.5. The molecule has 0 saturated carbocycles. The summed E-state index contributed by atoms with van der Waals surface area (Å²) in [5.41, 5.74) is 18.5. The van der Waals surface area contributed by atoms with Crippen LogP contribution in [-0.2, 0) is 81.6 Å². The van der Waals surface area contributed by atoms with Gasteiger partial charge >= 0.3 is 0 Å². The average Bonchev–Trinajstić information content (AvgIpc) is 1.74. The second-order valence-corrected chi connectivity index (χ2v) is 32.7. The number of carbonyl (C=O) groups excluding carboxylic acids is 13. The normalized spacial score (nSPS) is 16.1. The molecule has 1 aliphatic heterocycles. The van der Waals surface area contributed by atoms with Gasteiger partial charge in [-0.05, 0) is 138 Å². The topological polar surface area (TPSA) is 565 Å². The third-order valence-electron chi connectivity index (χ3n) is 21.1. The van der Waals surface area contributed by atoms with Crippen LogP contribution < -0.4 is 75.7 Å². The number of phenolic OH excluding ortho intramolecular Hbond substituents is 2. The highest BCUT2D eigenvalue weighted by atomic mass is 16.3. The van der Waals surface area contributed by atoms with E-state index in [2.05, 4.69) is 75.4 Å². The number of nitrogens with two attached hydrogens (primary N) is 3. The molecule has 23 N–H and O–H groups in total. The van der Waals surface area contributed by atoms with E-state index in [1.54, 1.807) is 44.3 Å². The van der Waals surface area contributed by atoms with Crippen molar-refractivity contribution >= 4 is 93.7 Å². The van der Waals surface area contributed by atoms with Crippen LogP contribution in [-0.4, -0.2) is 222 Å². The van der Waals surface area contributed by atoms with Gasteiger partial charge in [-0.25, -0.2) is 0 Å². The molecule has 13 amide bonds. The number of para-hydroxylation sites is 1. The number of phenols is 2. The molecule has 35 nitrogen and oxygen atoms in total. The summed E-state index contributed by atoms with van der Waals surface area (Å²) in [5, 5.41) is 82.5. The molecule has 1 aromatic heterocycles. The molecule has 1 aliphatic rings. The van der Waals surface area contributed by atoms with Gasteiger partial charge in [0.2, 0.25) is 76.8 Å². The molecular formula is C86H133N17O18. The van der Waals surface area contributed by atoms with E-state index < -0.39 is 162 Å². The van der Waals surface area contributed by atoms with Crippen LogP contribution >= 0.6 is 0 Å². The van der Waals surface area contributed by atoms with Crippen LogP contribution in [0, 0.1) is 11.8 Å². The van der Waals surface area contributed by atoms with Crippen molar-refractivity contribution in [2.45, 2.75) is 308 Å². The number of H-pyrrole nitrogens is 1. The number of aliphatic hydroxyl groups is 3. The number of aliphatic imine (C=N–C) groups is 1. The van der Waals surface area contributed by atoms with Gasteiger partial charge in [-0.1, -0.05) is 154 Å². The fourth-order valence-electron chi connectivity index (χ4n) is 14.3. The number of amides is 13. The number of aromatic amines is 1. The lowest BCUT2D eigenvalue weighted by molar-refractivity contribution is -0.143. The summed E-state index contributed by atoms with van der Waals surface area (Å²) in [5.74, 6) is -12.3. The number of unbranched alkanes of at least 4 members (excludes halogenated alkanes) is 12. The molecule has 0 unspecified atom stereocenters. The summed E-state index contributed by atoms with van der Waals surface area (Å²) in [7, 11) is 0. The number of fused-ring (bicyclic) bond motifs is 1. The Hall–Kier alpha value is -10.9. The number of nitrogens with one attached hydrogen (secondary N) is 12. The van der Waals surface area contributed by atoms with E-state index in [0.29, 0.717) is 40.4 Å². The van der Waals surface area contributed by atoms with E-state index in [1.807, 2.05) is 13.8 Å². The molecular weight excluding hydrogens is 1560 g/mol. The Bertz CT molecular complexity index is 4060. The predicted molar refractivity (Wildman–Crippen MR) is 456 cm³/mol. The SMILES string of the molecule is CCCCCCCCCCCCCCCC(=O)N[C@@H](C)C(=O)N[C@H](C(=O)N[C@@H](CC(C)C)C(=O)N1CCC[C@H]1C(=O)N[C@@H](CC(C)C)C(=O)N[C@@H](Cc1c[nH]c2ccccc12)C(=O)N[C@@H](C)C(=O)N[C@H](C(=O)N[C@@H](Cc1ccc(O)cc1)C(=O)N[C@H](C(=O)N[C@@H](Cc1ccc(O)cc1)C(=O)N[C@@H](CCCN=C(N)N)C(N)=O)[C@@H](C)O)[C@@H](C)O)[C@@H](C)O. The molecule has 3 aromatic carbocycles. The van der Waals surface area contributed by atoms with Crippen molar-refractivity contribution in [3.8, 4) is 11.5 Å². The van der Waals surface area contributed by atoms with E-state index >= 15 is 0 Å². The maximum atomic E-state index is 14.9. The molecule has 35 heteroatoms. The lowest BCUT2D eigenvalue weighted by Crippen LogP contribution is -2.63. The predicted octanol–water partition coefficient (Wildman–Crippen LogP) is 2.23. The van der Waals surface area contributed by atoms with Crippen LogP contribution in [0.4, 0.5) is 0 Å². The molecule has 1 saturated heterocycles. The maximum Gasteiger partial charge on any atom is 0.245 e. The largest absolute Gasteiger partial charge is 0.508 e. The minimum Gasteiger partial charge on any atom is -0.508 e. The number of hydrogen-bond acceptors (Lipinski definition) is 19.